The van der Waals surface area contributed by atoms with Crippen molar-refractivity contribution in [3.63, 3.8) is 0 Å². The van der Waals surface area contributed by atoms with Crippen molar-refractivity contribution in [3.8, 4) is 0 Å². The fraction of sp³-hybridized carbons (Fsp3) is 0.500. The second kappa shape index (κ2) is 8.15. The van der Waals surface area contributed by atoms with Gasteiger partial charge in [-0.2, -0.15) is 18.3 Å². The highest BCUT2D eigenvalue weighted by atomic mass is 32.1. The van der Waals surface area contributed by atoms with E-state index in [1.165, 1.54) is 9.75 Å². The molecule has 0 radical (unpaired) electrons. The summed E-state index contributed by atoms with van der Waals surface area (Å²) in [6, 6.07) is 5.03. The lowest BCUT2D eigenvalue weighted by atomic mass is 10.1. The number of amides is 1. The Bertz CT molecular complexity index is 895. The smallest absolute Gasteiger partial charge is 0.475 e. The van der Waals surface area contributed by atoms with Gasteiger partial charge in [-0.25, -0.2) is 4.79 Å². The molecule has 0 spiro atoms. The van der Waals surface area contributed by atoms with Crippen LogP contribution in [0, 0.1) is 6.92 Å². The van der Waals surface area contributed by atoms with Crippen molar-refractivity contribution in [1.82, 2.24) is 14.7 Å². The van der Waals surface area contributed by atoms with Crippen molar-refractivity contribution in [2.75, 3.05) is 11.4 Å². The summed E-state index contributed by atoms with van der Waals surface area (Å²) in [4.78, 5) is 28.6. The first kappa shape index (κ1) is 21.3. The number of halogens is 3. The SMILES string of the molecule is Cc1ccc(CN2CC[C@H]3[C@@H]2CC(=O)N3c2cnn(C)c2)s1.O=C(O)C(F)(F)F. The summed E-state index contributed by atoms with van der Waals surface area (Å²) < 4.78 is 33.5. The maximum absolute atomic E-state index is 12.5. The van der Waals surface area contributed by atoms with Gasteiger partial charge in [0, 0.05) is 48.6 Å². The summed E-state index contributed by atoms with van der Waals surface area (Å²) in [5.74, 6) is -2.53. The summed E-state index contributed by atoms with van der Waals surface area (Å²) in [6.45, 7) is 4.17. The van der Waals surface area contributed by atoms with Crippen LogP contribution in [0.2, 0.25) is 0 Å². The predicted octanol–water partition coefficient (Wildman–Crippen LogP) is 2.80. The zero-order chi connectivity index (χ0) is 21.3. The van der Waals surface area contributed by atoms with Crippen LogP contribution in [0.3, 0.4) is 0 Å². The number of hydrogen-bond acceptors (Lipinski definition) is 5. The highest BCUT2D eigenvalue weighted by Crippen LogP contribution is 2.37. The average Bonchev–Trinajstić information content (AvgIpc) is 3.36. The fourth-order valence-electron chi connectivity index (χ4n) is 3.76. The van der Waals surface area contributed by atoms with Gasteiger partial charge in [0.2, 0.25) is 5.91 Å². The zero-order valence-electron chi connectivity index (χ0n) is 15.9. The van der Waals surface area contributed by atoms with E-state index >= 15 is 0 Å². The van der Waals surface area contributed by atoms with E-state index in [1.807, 2.05) is 29.5 Å². The zero-order valence-corrected chi connectivity index (χ0v) is 16.7. The number of carbonyl (C=O) groups is 2. The third-order valence-corrected chi connectivity index (χ3v) is 5.96. The van der Waals surface area contributed by atoms with Gasteiger partial charge in [-0.3, -0.25) is 14.4 Å². The number of carboxylic acid groups (broad SMARTS) is 1. The topological polar surface area (TPSA) is 78.7 Å². The van der Waals surface area contributed by atoms with Crippen LogP contribution in [-0.2, 0) is 23.2 Å². The molecule has 2 aromatic rings. The predicted molar refractivity (Wildman–Crippen MR) is 101 cm³/mol. The van der Waals surface area contributed by atoms with E-state index in [2.05, 4.69) is 29.1 Å². The third-order valence-electron chi connectivity index (χ3n) is 4.98. The number of likely N-dealkylation sites (tertiary alicyclic amines) is 1. The van der Waals surface area contributed by atoms with Crippen molar-refractivity contribution in [2.45, 2.75) is 44.6 Å². The van der Waals surface area contributed by atoms with Crippen molar-refractivity contribution >= 4 is 28.9 Å². The highest BCUT2D eigenvalue weighted by molar-refractivity contribution is 7.11. The molecule has 11 heteroatoms. The molecule has 0 bridgehead atoms. The Labute approximate surface area is 169 Å². The van der Waals surface area contributed by atoms with Crippen molar-refractivity contribution < 1.29 is 27.9 Å². The molecule has 2 saturated heterocycles. The van der Waals surface area contributed by atoms with Crippen LogP contribution in [0.4, 0.5) is 18.9 Å². The largest absolute Gasteiger partial charge is 0.490 e. The molecular formula is C18H21F3N4O3S. The second-order valence-electron chi connectivity index (χ2n) is 7.05. The molecule has 1 N–H and O–H groups in total. The molecule has 4 rings (SSSR count). The normalized spacial score (nSPS) is 21.8. The average molecular weight is 430 g/mol. The van der Waals surface area contributed by atoms with Crippen LogP contribution in [0.25, 0.3) is 0 Å². The minimum Gasteiger partial charge on any atom is -0.475 e. The Morgan fingerprint density at radius 3 is 2.55 bits per heavy atom. The summed E-state index contributed by atoms with van der Waals surface area (Å²) >= 11 is 1.86. The number of carbonyl (C=O) groups excluding carboxylic acids is 1. The number of anilines is 1. The number of aryl methyl sites for hydroxylation is 2. The molecule has 2 aliphatic heterocycles. The second-order valence-corrected chi connectivity index (χ2v) is 8.42. The van der Waals surface area contributed by atoms with E-state index in [4.69, 9.17) is 9.90 Å². The summed E-state index contributed by atoms with van der Waals surface area (Å²) in [5.41, 5.74) is 0.939. The van der Waals surface area contributed by atoms with Crippen molar-refractivity contribution in [3.05, 3.63) is 34.3 Å². The molecule has 0 aliphatic carbocycles. The number of fused-ring (bicyclic) bond motifs is 1. The molecule has 2 fully saturated rings. The Kier molecular flexibility index (Phi) is 5.99. The number of aliphatic carboxylic acids is 1. The number of hydrogen-bond donors (Lipinski definition) is 1. The number of aromatic nitrogens is 2. The number of carboxylic acids is 1. The van der Waals surface area contributed by atoms with Gasteiger partial charge in [-0.1, -0.05) is 0 Å². The van der Waals surface area contributed by atoms with Gasteiger partial charge in [0.05, 0.1) is 17.9 Å². The van der Waals surface area contributed by atoms with Gasteiger partial charge >= 0.3 is 12.1 Å². The number of thiophene rings is 1. The monoisotopic (exact) mass is 430 g/mol. The van der Waals surface area contributed by atoms with Crippen LogP contribution in [0.5, 0.6) is 0 Å². The molecule has 29 heavy (non-hydrogen) atoms. The minimum atomic E-state index is -5.08. The minimum absolute atomic E-state index is 0.232. The molecule has 0 saturated carbocycles. The lowest BCUT2D eigenvalue weighted by Crippen LogP contribution is -2.36. The molecule has 0 unspecified atom stereocenters. The van der Waals surface area contributed by atoms with Crippen LogP contribution < -0.4 is 4.90 Å². The summed E-state index contributed by atoms with van der Waals surface area (Å²) in [7, 11) is 1.89. The molecule has 158 valence electrons. The van der Waals surface area contributed by atoms with Crippen LogP contribution in [-0.4, -0.2) is 56.5 Å². The Morgan fingerprint density at radius 2 is 2.03 bits per heavy atom. The highest BCUT2D eigenvalue weighted by Gasteiger charge is 2.47. The summed E-state index contributed by atoms with van der Waals surface area (Å²) in [6.07, 6.45) is 0.330. The molecule has 0 aromatic carbocycles. The molecule has 4 heterocycles. The van der Waals surface area contributed by atoms with E-state index in [0.29, 0.717) is 18.5 Å². The molecule has 1 amide bonds. The number of alkyl halides is 3. The van der Waals surface area contributed by atoms with Crippen LogP contribution in [0.1, 0.15) is 22.6 Å². The van der Waals surface area contributed by atoms with Gasteiger partial charge in [0.25, 0.3) is 0 Å². The Hall–Kier alpha value is -2.40. The molecule has 2 atom stereocenters. The van der Waals surface area contributed by atoms with Gasteiger partial charge in [0.1, 0.15) is 0 Å². The summed E-state index contributed by atoms with van der Waals surface area (Å²) in [5, 5.41) is 11.3. The number of nitrogens with zero attached hydrogens (tertiary/aromatic N) is 4. The van der Waals surface area contributed by atoms with Crippen LogP contribution >= 0.6 is 11.3 Å². The number of rotatable bonds is 3. The fourth-order valence-corrected chi connectivity index (χ4v) is 4.68. The van der Waals surface area contributed by atoms with E-state index < -0.39 is 12.1 Å². The molecule has 2 aliphatic rings. The van der Waals surface area contributed by atoms with E-state index in [1.54, 1.807) is 10.9 Å². The van der Waals surface area contributed by atoms with Gasteiger partial charge < -0.3 is 10.0 Å². The first-order valence-corrected chi connectivity index (χ1v) is 9.78. The van der Waals surface area contributed by atoms with Gasteiger partial charge in [0.15, 0.2) is 0 Å². The lowest BCUT2D eigenvalue weighted by molar-refractivity contribution is -0.192. The van der Waals surface area contributed by atoms with Crippen LogP contribution in [0.15, 0.2) is 24.5 Å². The van der Waals surface area contributed by atoms with Crippen molar-refractivity contribution in [1.29, 1.82) is 0 Å². The molecule has 7 nitrogen and oxygen atoms in total. The van der Waals surface area contributed by atoms with Crippen molar-refractivity contribution in [2.24, 2.45) is 7.05 Å². The third kappa shape index (κ3) is 4.78. The lowest BCUT2D eigenvalue weighted by Gasteiger charge is -2.24. The first-order valence-electron chi connectivity index (χ1n) is 8.96. The quantitative estimate of drug-likeness (QED) is 0.810. The standard InChI is InChI=1S/C16H20N4OS.C2HF3O2/c1-11-3-4-13(22-11)10-19-6-5-14-15(19)7-16(21)20(14)12-8-17-18(2)9-12;3-2(4,5)1(6)7/h3-4,8-9,14-15H,5-7,10H2,1-2H3;(H,6,7)/t14-,15-;/m0./s1. The van der Waals surface area contributed by atoms with E-state index in [9.17, 15) is 18.0 Å². The Balaban J connectivity index is 0.000000298. The van der Waals surface area contributed by atoms with Gasteiger partial charge in [-0.05, 0) is 25.5 Å². The van der Waals surface area contributed by atoms with E-state index in [0.717, 1.165) is 25.2 Å². The first-order chi connectivity index (χ1) is 13.6. The molecule has 2 aromatic heterocycles. The Morgan fingerprint density at radius 1 is 1.34 bits per heavy atom. The molecular weight excluding hydrogens is 409 g/mol. The maximum Gasteiger partial charge on any atom is 0.490 e. The van der Waals surface area contributed by atoms with Gasteiger partial charge in [-0.15, -0.1) is 11.3 Å². The maximum atomic E-state index is 12.5. The van der Waals surface area contributed by atoms with E-state index in [-0.39, 0.29) is 5.91 Å².